The molecule has 1 N–H and O–H groups in total. The monoisotopic (exact) mass is 519 g/mol. The molecule has 1 amide bonds. The molecule has 35 heavy (non-hydrogen) atoms. The Kier molecular flexibility index (Phi) is 6.89. The first kappa shape index (κ1) is 24.4. The van der Waals surface area contributed by atoms with Crippen LogP contribution in [0.15, 0.2) is 65.3 Å². The van der Waals surface area contributed by atoms with Gasteiger partial charge in [-0.25, -0.2) is 9.97 Å². The number of nitrogens with zero attached hydrogens (tertiary/aromatic N) is 4. The van der Waals surface area contributed by atoms with Gasteiger partial charge in [-0.3, -0.25) is 19.5 Å². The Morgan fingerprint density at radius 2 is 2.00 bits per heavy atom. The number of halogens is 3. The zero-order valence-electron chi connectivity index (χ0n) is 17.9. The van der Waals surface area contributed by atoms with E-state index in [1.807, 2.05) is 0 Å². The van der Waals surface area contributed by atoms with E-state index in [0.717, 1.165) is 29.6 Å². The lowest BCUT2D eigenvalue weighted by Gasteiger charge is -2.14. The number of anilines is 1. The molecule has 4 aromatic rings. The molecule has 0 unspecified atom stereocenters. The highest BCUT2D eigenvalue weighted by atomic mass is 32.2. The molecule has 2 aromatic carbocycles. The first-order valence-corrected chi connectivity index (χ1v) is 11.8. The fourth-order valence-corrected chi connectivity index (χ4v) is 4.68. The first-order valence-electron chi connectivity index (χ1n) is 9.97. The van der Waals surface area contributed by atoms with E-state index in [1.165, 1.54) is 52.4 Å². The van der Waals surface area contributed by atoms with Crippen LogP contribution in [0.4, 0.5) is 24.0 Å². The molecule has 0 fully saturated rings. The van der Waals surface area contributed by atoms with Gasteiger partial charge in [-0.1, -0.05) is 30.0 Å². The largest absolute Gasteiger partial charge is 0.416 e. The Labute approximate surface area is 205 Å². The van der Waals surface area contributed by atoms with Gasteiger partial charge in [0.1, 0.15) is 0 Å². The summed E-state index contributed by atoms with van der Waals surface area (Å²) in [4.78, 5) is 31.5. The topological polar surface area (TPSA) is 103 Å². The second-order valence-electron chi connectivity index (χ2n) is 7.25. The number of thioether (sulfide) groups is 1. The summed E-state index contributed by atoms with van der Waals surface area (Å²) in [6.45, 7) is 1.79. The number of nitro groups is 1. The number of nitrogens with one attached hydrogen (secondary N) is 1. The van der Waals surface area contributed by atoms with Crippen LogP contribution in [0.25, 0.3) is 16.9 Å². The standard InChI is InChI=1S/C22H16F3N5O3S2/c1-13-11-34-20(27-13)28-19(31)12-35-21-26-10-18(14-4-2-7-17(8-14)30(32)33)29(21)16-6-3-5-15(9-16)22(23,24)25/h2-11H,12H2,1H3,(H,27,28,31). The van der Waals surface area contributed by atoms with Crippen LogP contribution < -0.4 is 5.32 Å². The molecule has 0 atom stereocenters. The smallest absolute Gasteiger partial charge is 0.301 e. The highest BCUT2D eigenvalue weighted by Crippen LogP contribution is 2.35. The third-order valence-corrected chi connectivity index (χ3v) is 6.54. The molecule has 2 aromatic heterocycles. The van der Waals surface area contributed by atoms with E-state index in [4.69, 9.17) is 0 Å². The van der Waals surface area contributed by atoms with Gasteiger partial charge in [0.05, 0.1) is 33.8 Å². The quantitative estimate of drug-likeness (QED) is 0.184. The predicted molar refractivity (Wildman–Crippen MR) is 127 cm³/mol. The van der Waals surface area contributed by atoms with E-state index in [0.29, 0.717) is 16.4 Å². The van der Waals surface area contributed by atoms with Gasteiger partial charge in [0.2, 0.25) is 5.91 Å². The van der Waals surface area contributed by atoms with E-state index in [9.17, 15) is 28.1 Å². The summed E-state index contributed by atoms with van der Waals surface area (Å²) in [7, 11) is 0. The Hall–Kier alpha value is -3.71. The van der Waals surface area contributed by atoms with Crippen molar-refractivity contribution in [2.45, 2.75) is 18.3 Å². The maximum absolute atomic E-state index is 13.4. The molecule has 0 aliphatic heterocycles. The van der Waals surface area contributed by atoms with E-state index in [1.54, 1.807) is 18.4 Å². The van der Waals surface area contributed by atoms with Gasteiger partial charge < -0.3 is 5.32 Å². The summed E-state index contributed by atoms with van der Waals surface area (Å²) in [5.41, 5.74) is 0.607. The molecule has 4 rings (SSSR count). The van der Waals surface area contributed by atoms with Gasteiger partial charge >= 0.3 is 6.18 Å². The summed E-state index contributed by atoms with van der Waals surface area (Å²) in [6.07, 6.45) is -3.16. The van der Waals surface area contributed by atoms with Crippen LogP contribution in [0.5, 0.6) is 0 Å². The van der Waals surface area contributed by atoms with Crippen molar-refractivity contribution in [3.8, 4) is 16.9 Å². The third kappa shape index (κ3) is 5.69. The van der Waals surface area contributed by atoms with Gasteiger partial charge in [-0.2, -0.15) is 13.2 Å². The third-order valence-electron chi connectivity index (χ3n) is 4.71. The molecule has 0 radical (unpaired) electrons. The SMILES string of the molecule is Cc1csc(NC(=O)CSc2ncc(-c3cccc([N+](=O)[O-])c3)n2-c2cccc(C(F)(F)F)c2)n1. The zero-order chi connectivity index (χ0) is 25.2. The minimum atomic E-state index is -4.57. The van der Waals surface area contributed by atoms with Crippen molar-refractivity contribution in [2.75, 3.05) is 11.1 Å². The minimum Gasteiger partial charge on any atom is -0.301 e. The number of amides is 1. The summed E-state index contributed by atoms with van der Waals surface area (Å²) in [5, 5.41) is 16.4. The number of aryl methyl sites for hydroxylation is 1. The number of alkyl halides is 3. The molecule has 0 aliphatic rings. The Morgan fingerprint density at radius 3 is 2.69 bits per heavy atom. The van der Waals surface area contributed by atoms with Gasteiger partial charge in [0, 0.05) is 28.8 Å². The van der Waals surface area contributed by atoms with Crippen LogP contribution >= 0.6 is 23.1 Å². The summed E-state index contributed by atoms with van der Waals surface area (Å²) < 4.78 is 41.6. The molecule has 8 nitrogen and oxygen atoms in total. The van der Waals surface area contributed by atoms with Crippen LogP contribution in [-0.4, -0.2) is 31.1 Å². The molecule has 2 heterocycles. The Bertz CT molecular complexity index is 1400. The number of carbonyl (C=O) groups excluding carboxylic acids is 1. The lowest BCUT2D eigenvalue weighted by Crippen LogP contribution is -2.14. The predicted octanol–water partition coefficient (Wildman–Crippen LogP) is 5.96. The van der Waals surface area contributed by atoms with Crippen molar-refractivity contribution >= 4 is 39.8 Å². The summed E-state index contributed by atoms with van der Waals surface area (Å²) >= 11 is 2.29. The fraction of sp³-hybridized carbons (Fsp3) is 0.136. The van der Waals surface area contributed by atoms with Gasteiger partial charge in [-0.15, -0.1) is 11.3 Å². The normalized spacial score (nSPS) is 11.4. The molecule has 13 heteroatoms. The van der Waals surface area contributed by atoms with Crippen LogP contribution in [0.2, 0.25) is 0 Å². The molecular formula is C22H16F3N5O3S2. The van der Waals surface area contributed by atoms with E-state index in [-0.39, 0.29) is 28.2 Å². The van der Waals surface area contributed by atoms with Crippen molar-refractivity contribution in [1.29, 1.82) is 0 Å². The van der Waals surface area contributed by atoms with Crippen LogP contribution in [0.1, 0.15) is 11.3 Å². The number of hydrogen-bond donors (Lipinski definition) is 1. The Balaban J connectivity index is 1.71. The van der Waals surface area contributed by atoms with E-state index >= 15 is 0 Å². The molecule has 0 saturated carbocycles. The lowest BCUT2D eigenvalue weighted by molar-refractivity contribution is -0.384. The summed E-state index contributed by atoms with van der Waals surface area (Å²) in [6, 6.07) is 10.4. The lowest BCUT2D eigenvalue weighted by atomic mass is 10.1. The maximum atomic E-state index is 13.4. The number of benzene rings is 2. The Morgan fingerprint density at radius 1 is 1.23 bits per heavy atom. The van der Waals surface area contributed by atoms with Crippen molar-refractivity contribution in [1.82, 2.24) is 14.5 Å². The second-order valence-corrected chi connectivity index (χ2v) is 9.05. The number of hydrogen-bond acceptors (Lipinski definition) is 7. The minimum absolute atomic E-state index is 0.0804. The van der Waals surface area contributed by atoms with Crippen LogP contribution in [0.3, 0.4) is 0 Å². The van der Waals surface area contributed by atoms with E-state index in [2.05, 4.69) is 15.3 Å². The van der Waals surface area contributed by atoms with Gasteiger partial charge in [-0.05, 0) is 25.1 Å². The molecule has 0 bridgehead atoms. The average molecular weight is 520 g/mol. The van der Waals surface area contributed by atoms with E-state index < -0.39 is 16.7 Å². The number of aromatic nitrogens is 3. The molecule has 0 spiro atoms. The number of non-ortho nitro benzene ring substituents is 1. The maximum Gasteiger partial charge on any atom is 0.416 e. The second kappa shape index (κ2) is 9.88. The molecule has 180 valence electrons. The number of rotatable bonds is 7. The van der Waals surface area contributed by atoms with Crippen molar-refractivity contribution < 1.29 is 22.9 Å². The molecular weight excluding hydrogens is 503 g/mol. The first-order chi connectivity index (χ1) is 16.6. The molecule has 0 saturated heterocycles. The van der Waals surface area contributed by atoms with Crippen LogP contribution in [0, 0.1) is 17.0 Å². The highest BCUT2D eigenvalue weighted by Gasteiger charge is 2.31. The average Bonchev–Trinajstić information content (AvgIpc) is 3.43. The summed E-state index contributed by atoms with van der Waals surface area (Å²) in [5.74, 6) is -0.442. The highest BCUT2D eigenvalue weighted by molar-refractivity contribution is 7.99. The van der Waals surface area contributed by atoms with Gasteiger partial charge in [0.25, 0.3) is 5.69 Å². The zero-order valence-corrected chi connectivity index (χ0v) is 19.6. The van der Waals surface area contributed by atoms with Crippen molar-refractivity contribution in [2.24, 2.45) is 0 Å². The van der Waals surface area contributed by atoms with Crippen molar-refractivity contribution in [3.63, 3.8) is 0 Å². The number of thiazole rings is 1. The van der Waals surface area contributed by atoms with Crippen molar-refractivity contribution in [3.05, 3.63) is 81.5 Å². The number of nitro benzene ring substituents is 1. The fourth-order valence-electron chi connectivity index (χ4n) is 3.19. The number of imidazole rings is 1. The van der Waals surface area contributed by atoms with Crippen LogP contribution in [-0.2, 0) is 11.0 Å². The molecule has 0 aliphatic carbocycles. The van der Waals surface area contributed by atoms with Gasteiger partial charge in [0.15, 0.2) is 10.3 Å². The number of carbonyl (C=O) groups is 1.